The number of hydrogen-bond donors (Lipinski definition) is 3. The molecule has 1 aliphatic heterocycles. The fourth-order valence-electron chi connectivity index (χ4n) is 2.01. The van der Waals surface area contributed by atoms with Gasteiger partial charge in [0.1, 0.15) is 6.10 Å². The SMILES string of the molecule is CN=C(NCC1CCOC1)NCC(O)c1ccc(Cl)s1.I. The van der Waals surface area contributed by atoms with Crippen LogP contribution in [-0.2, 0) is 4.74 Å². The van der Waals surface area contributed by atoms with E-state index in [-0.39, 0.29) is 24.0 Å². The monoisotopic (exact) mass is 445 g/mol. The average molecular weight is 446 g/mol. The van der Waals surface area contributed by atoms with Gasteiger partial charge in [-0.05, 0) is 18.6 Å². The van der Waals surface area contributed by atoms with Crippen molar-refractivity contribution in [3.63, 3.8) is 0 Å². The molecule has 1 fully saturated rings. The van der Waals surface area contributed by atoms with Gasteiger partial charge in [0.05, 0.1) is 10.9 Å². The quantitative estimate of drug-likeness (QED) is 0.369. The Morgan fingerprint density at radius 2 is 2.38 bits per heavy atom. The number of hydrogen-bond acceptors (Lipinski definition) is 4. The van der Waals surface area contributed by atoms with Gasteiger partial charge in [-0.2, -0.15) is 0 Å². The summed E-state index contributed by atoms with van der Waals surface area (Å²) >= 11 is 7.24. The Hall–Kier alpha value is -0.0900. The molecule has 5 nitrogen and oxygen atoms in total. The van der Waals surface area contributed by atoms with Crippen LogP contribution in [0, 0.1) is 5.92 Å². The second kappa shape index (κ2) is 9.83. The number of nitrogens with zero attached hydrogens (tertiary/aromatic N) is 1. The van der Waals surface area contributed by atoms with Crippen molar-refractivity contribution in [3.05, 3.63) is 21.3 Å². The Kier molecular flexibility index (Phi) is 8.88. The van der Waals surface area contributed by atoms with Crippen molar-refractivity contribution < 1.29 is 9.84 Å². The number of rotatable bonds is 5. The van der Waals surface area contributed by atoms with Crippen LogP contribution in [0.3, 0.4) is 0 Å². The molecule has 2 heterocycles. The molecule has 0 saturated carbocycles. The van der Waals surface area contributed by atoms with E-state index in [9.17, 15) is 5.11 Å². The zero-order valence-electron chi connectivity index (χ0n) is 11.8. The summed E-state index contributed by atoms with van der Waals surface area (Å²) in [5.74, 6) is 1.23. The summed E-state index contributed by atoms with van der Waals surface area (Å²) < 4.78 is 6.01. The van der Waals surface area contributed by atoms with Crippen molar-refractivity contribution in [1.29, 1.82) is 0 Å². The van der Waals surface area contributed by atoms with Crippen LogP contribution in [0.2, 0.25) is 4.34 Å². The van der Waals surface area contributed by atoms with E-state index in [0.29, 0.717) is 22.8 Å². The van der Waals surface area contributed by atoms with Gasteiger partial charge < -0.3 is 20.5 Å². The highest BCUT2D eigenvalue weighted by Crippen LogP contribution is 2.26. The predicted molar refractivity (Wildman–Crippen MR) is 98.0 cm³/mol. The third kappa shape index (κ3) is 6.27. The van der Waals surface area contributed by atoms with E-state index in [2.05, 4.69) is 15.6 Å². The van der Waals surface area contributed by atoms with E-state index < -0.39 is 6.10 Å². The van der Waals surface area contributed by atoms with Gasteiger partial charge in [0.2, 0.25) is 0 Å². The van der Waals surface area contributed by atoms with Crippen LogP contribution in [-0.4, -0.2) is 44.4 Å². The Bertz CT molecular complexity index is 452. The maximum Gasteiger partial charge on any atom is 0.191 e. The molecule has 21 heavy (non-hydrogen) atoms. The number of nitrogens with one attached hydrogen (secondary N) is 2. The van der Waals surface area contributed by atoms with Crippen molar-refractivity contribution in [2.45, 2.75) is 12.5 Å². The largest absolute Gasteiger partial charge is 0.386 e. The minimum absolute atomic E-state index is 0. The van der Waals surface area contributed by atoms with Crippen LogP contribution in [0.1, 0.15) is 17.4 Å². The molecule has 1 aromatic rings. The third-order valence-corrected chi connectivity index (χ3v) is 4.52. The number of guanidine groups is 1. The molecule has 0 spiro atoms. The van der Waals surface area contributed by atoms with Crippen molar-refractivity contribution in [3.8, 4) is 0 Å². The van der Waals surface area contributed by atoms with E-state index in [0.717, 1.165) is 31.1 Å². The molecular formula is C13H21ClIN3O2S. The van der Waals surface area contributed by atoms with Gasteiger partial charge in [-0.25, -0.2) is 0 Å². The van der Waals surface area contributed by atoms with Crippen LogP contribution in [0.5, 0.6) is 0 Å². The minimum Gasteiger partial charge on any atom is -0.386 e. The molecule has 0 aliphatic carbocycles. The predicted octanol–water partition coefficient (Wildman–Crippen LogP) is 2.25. The van der Waals surface area contributed by atoms with Gasteiger partial charge in [0.15, 0.2) is 5.96 Å². The van der Waals surface area contributed by atoms with Crippen molar-refractivity contribution in [1.82, 2.24) is 10.6 Å². The highest BCUT2D eigenvalue weighted by atomic mass is 127. The molecule has 2 rings (SSSR count). The molecule has 2 atom stereocenters. The van der Waals surface area contributed by atoms with Crippen LogP contribution in [0.15, 0.2) is 17.1 Å². The Morgan fingerprint density at radius 3 is 2.95 bits per heavy atom. The zero-order valence-corrected chi connectivity index (χ0v) is 15.7. The number of thiophene rings is 1. The van der Waals surface area contributed by atoms with Crippen LogP contribution < -0.4 is 10.6 Å². The standard InChI is InChI=1S/C13H20ClN3O2S.HI/c1-15-13(16-6-9-4-5-19-8-9)17-7-10(18)11-2-3-12(14)20-11;/h2-3,9-10,18H,4-8H2,1H3,(H2,15,16,17);1H. The van der Waals surface area contributed by atoms with E-state index in [1.54, 1.807) is 13.1 Å². The number of aliphatic hydroxyl groups excluding tert-OH is 1. The average Bonchev–Trinajstić information content (AvgIpc) is 3.10. The molecule has 0 radical (unpaired) electrons. The topological polar surface area (TPSA) is 65.9 Å². The molecule has 1 saturated heterocycles. The summed E-state index contributed by atoms with van der Waals surface area (Å²) in [7, 11) is 1.72. The summed E-state index contributed by atoms with van der Waals surface area (Å²) in [4.78, 5) is 4.99. The lowest BCUT2D eigenvalue weighted by molar-refractivity contribution is 0.183. The molecule has 8 heteroatoms. The molecule has 1 aromatic heterocycles. The Labute approximate surface area is 151 Å². The number of aliphatic imine (C=N–C) groups is 1. The van der Waals surface area contributed by atoms with Gasteiger partial charge in [-0.1, -0.05) is 11.6 Å². The first kappa shape index (κ1) is 19.0. The fraction of sp³-hybridized carbons (Fsp3) is 0.615. The first-order chi connectivity index (χ1) is 9.69. The lowest BCUT2D eigenvalue weighted by Crippen LogP contribution is -2.41. The highest BCUT2D eigenvalue weighted by molar-refractivity contribution is 14.0. The fourth-order valence-corrected chi connectivity index (χ4v) is 3.05. The molecule has 3 N–H and O–H groups in total. The lowest BCUT2D eigenvalue weighted by Gasteiger charge is -2.16. The highest BCUT2D eigenvalue weighted by Gasteiger charge is 2.16. The Morgan fingerprint density at radius 1 is 1.57 bits per heavy atom. The number of ether oxygens (including phenoxy) is 1. The third-order valence-electron chi connectivity index (χ3n) is 3.19. The van der Waals surface area contributed by atoms with E-state index >= 15 is 0 Å². The molecular weight excluding hydrogens is 425 g/mol. The smallest absolute Gasteiger partial charge is 0.191 e. The molecule has 120 valence electrons. The van der Waals surface area contributed by atoms with E-state index in [1.165, 1.54) is 11.3 Å². The summed E-state index contributed by atoms with van der Waals surface area (Å²) in [6, 6.07) is 3.63. The van der Waals surface area contributed by atoms with Crippen molar-refractivity contribution in [2.75, 3.05) is 33.4 Å². The van der Waals surface area contributed by atoms with Gasteiger partial charge >= 0.3 is 0 Å². The van der Waals surface area contributed by atoms with E-state index in [1.807, 2.05) is 6.07 Å². The zero-order chi connectivity index (χ0) is 14.4. The van der Waals surface area contributed by atoms with Gasteiger partial charge in [-0.3, -0.25) is 4.99 Å². The molecule has 0 aromatic carbocycles. The number of aliphatic hydroxyl groups is 1. The molecule has 2 unspecified atom stereocenters. The molecule has 1 aliphatic rings. The number of halogens is 2. The first-order valence-electron chi connectivity index (χ1n) is 6.64. The Balaban J connectivity index is 0.00000220. The van der Waals surface area contributed by atoms with E-state index in [4.69, 9.17) is 16.3 Å². The minimum atomic E-state index is -0.583. The summed E-state index contributed by atoms with van der Waals surface area (Å²) in [6.07, 6.45) is 0.501. The maximum absolute atomic E-state index is 10.0. The van der Waals surface area contributed by atoms with Gasteiger partial charge in [-0.15, -0.1) is 35.3 Å². The molecule has 0 amide bonds. The van der Waals surface area contributed by atoms with Gasteiger partial charge in [0, 0.05) is 37.5 Å². The summed E-state index contributed by atoms with van der Waals surface area (Å²) in [5.41, 5.74) is 0. The van der Waals surface area contributed by atoms with Gasteiger partial charge in [0.25, 0.3) is 0 Å². The van der Waals surface area contributed by atoms with Crippen LogP contribution in [0.4, 0.5) is 0 Å². The second-order valence-electron chi connectivity index (χ2n) is 4.72. The van der Waals surface area contributed by atoms with Crippen LogP contribution in [0.25, 0.3) is 0 Å². The maximum atomic E-state index is 10.0. The van der Waals surface area contributed by atoms with Crippen LogP contribution >= 0.6 is 46.9 Å². The summed E-state index contributed by atoms with van der Waals surface area (Å²) in [5, 5.41) is 16.4. The first-order valence-corrected chi connectivity index (χ1v) is 7.84. The normalized spacial score (nSPS) is 20.0. The van der Waals surface area contributed by atoms with Crippen molar-refractivity contribution >= 4 is 52.9 Å². The summed E-state index contributed by atoms with van der Waals surface area (Å²) in [6.45, 7) is 2.88. The molecule has 0 bridgehead atoms. The second-order valence-corrected chi connectivity index (χ2v) is 6.47. The van der Waals surface area contributed by atoms with Crippen molar-refractivity contribution in [2.24, 2.45) is 10.9 Å². The lowest BCUT2D eigenvalue weighted by atomic mass is 10.1.